The van der Waals surface area contributed by atoms with Crippen molar-refractivity contribution in [3.8, 4) is 17.0 Å². The number of hydrogen-bond donors (Lipinski definition) is 1. The highest BCUT2D eigenvalue weighted by atomic mass is 16.5. The fourth-order valence-corrected chi connectivity index (χ4v) is 2.20. The Morgan fingerprint density at radius 1 is 1.21 bits per heavy atom. The van der Waals surface area contributed by atoms with E-state index in [0.717, 1.165) is 28.3 Å². The van der Waals surface area contributed by atoms with Crippen molar-refractivity contribution in [1.82, 2.24) is 9.38 Å². The fraction of sp³-hybridized carbons (Fsp3) is 0.133. The van der Waals surface area contributed by atoms with Gasteiger partial charge in [-0.3, -0.25) is 0 Å². The molecule has 0 aliphatic carbocycles. The summed E-state index contributed by atoms with van der Waals surface area (Å²) in [6.07, 6.45) is 1.90. The van der Waals surface area contributed by atoms with Gasteiger partial charge in [0.1, 0.15) is 11.4 Å². The fourth-order valence-electron chi connectivity index (χ4n) is 2.20. The van der Waals surface area contributed by atoms with Crippen LogP contribution in [-0.2, 0) is 6.61 Å². The van der Waals surface area contributed by atoms with Gasteiger partial charge in [-0.05, 0) is 24.3 Å². The Kier molecular flexibility index (Phi) is 2.93. The predicted octanol–water partition coefficient (Wildman–Crippen LogP) is 2.50. The van der Waals surface area contributed by atoms with Crippen LogP contribution in [0, 0.1) is 0 Å². The number of hydrogen-bond acceptors (Lipinski definition) is 3. The van der Waals surface area contributed by atoms with Crippen molar-refractivity contribution in [3.05, 3.63) is 54.4 Å². The van der Waals surface area contributed by atoms with Gasteiger partial charge in [-0.2, -0.15) is 0 Å². The van der Waals surface area contributed by atoms with Crippen LogP contribution in [0.4, 0.5) is 0 Å². The Morgan fingerprint density at radius 2 is 2.11 bits per heavy atom. The first-order valence-electron chi connectivity index (χ1n) is 6.04. The quantitative estimate of drug-likeness (QED) is 0.781. The summed E-state index contributed by atoms with van der Waals surface area (Å²) in [5, 5.41) is 9.60. The van der Waals surface area contributed by atoms with Gasteiger partial charge in [0.2, 0.25) is 0 Å². The second kappa shape index (κ2) is 4.74. The van der Waals surface area contributed by atoms with Crippen LogP contribution >= 0.6 is 0 Å². The van der Waals surface area contributed by atoms with Crippen molar-refractivity contribution in [1.29, 1.82) is 0 Å². The summed E-state index contributed by atoms with van der Waals surface area (Å²) >= 11 is 0. The van der Waals surface area contributed by atoms with E-state index in [1.807, 2.05) is 53.1 Å². The first-order chi connectivity index (χ1) is 9.33. The lowest BCUT2D eigenvalue weighted by Gasteiger charge is -2.04. The van der Waals surface area contributed by atoms with E-state index in [2.05, 4.69) is 4.98 Å². The van der Waals surface area contributed by atoms with Gasteiger partial charge in [0.25, 0.3) is 0 Å². The summed E-state index contributed by atoms with van der Waals surface area (Å²) < 4.78 is 7.12. The molecule has 0 fully saturated rings. The molecule has 1 aromatic carbocycles. The number of imidazole rings is 1. The Labute approximate surface area is 110 Å². The number of methoxy groups -OCH3 is 1. The smallest absolute Gasteiger partial charge is 0.137 e. The van der Waals surface area contributed by atoms with Crippen molar-refractivity contribution in [2.24, 2.45) is 0 Å². The molecule has 0 atom stereocenters. The molecule has 0 bridgehead atoms. The monoisotopic (exact) mass is 254 g/mol. The molecule has 2 aromatic heterocycles. The minimum absolute atomic E-state index is 0.0578. The van der Waals surface area contributed by atoms with Crippen LogP contribution < -0.4 is 4.74 Å². The van der Waals surface area contributed by atoms with Crippen LogP contribution in [-0.4, -0.2) is 21.6 Å². The van der Waals surface area contributed by atoms with Crippen LogP contribution in [0.2, 0.25) is 0 Å². The molecule has 4 heteroatoms. The Balaban J connectivity index is 2.23. The summed E-state index contributed by atoms with van der Waals surface area (Å²) in [6, 6.07) is 13.5. The zero-order valence-corrected chi connectivity index (χ0v) is 10.6. The number of pyridine rings is 1. The van der Waals surface area contributed by atoms with Crippen LogP contribution in [0.25, 0.3) is 16.9 Å². The maximum absolute atomic E-state index is 9.60. The molecule has 1 N–H and O–H groups in total. The van der Waals surface area contributed by atoms with Crippen LogP contribution in [0.3, 0.4) is 0 Å². The van der Waals surface area contributed by atoms with Gasteiger partial charge in [0.05, 0.1) is 25.1 Å². The van der Waals surface area contributed by atoms with E-state index in [9.17, 15) is 5.11 Å². The molecule has 3 rings (SSSR count). The highest BCUT2D eigenvalue weighted by Gasteiger charge is 2.13. The lowest BCUT2D eigenvalue weighted by atomic mass is 10.1. The number of aliphatic hydroxyl groups is 1. The number of ether oxygens (including phenoxy) is 1. The maximum Gasteiger partial charge on any atom is 0.137 e. The van der Waals surface area contributed by atoms with E-state index in [1.54, 1.807) is 7.11 Å². The van der Waals surface area contributed by atoms with E-state index in [1.165, 1.54) is 0 Å². The number of aliphatic hydroxyl groups excluding tert-OH is 1. The van der Waals surface area contributed by atoms with Gasteiger partial charge >= 0.3 is 0 Å². The van der Waals surface area contributed by atoms with E-state index >= 15 is 0 Å². The Bertz CT molecular complexity index is 719. The summed E-state index contributed by atoms with van der Waals surface area (Å²) in [5.41, 5.74) is 3.33. The highest BCUT2D eigenvalue weighted by Crippen LogP contribution is 2.27. The average molecular weight is 254 g/mol. The summed E-state index contributed by atoms with van der Waals surface area (Å²) in [4.78, 5) is 4.58. The summed E-state index contributed by atoms with van der Waals surface area (Å²) in [5.74, 6) is 0.776. The van der Waals surface area contributed by atoms with Gasteiger partial charge in [0.15, 0.2) is 0 Å². The number of aromatic nitrogens is 2. The molecule has 3 aromatic rings. The van der Waals surface area contributed by atoms with Crippen molar-refractivity contribution in [2.75, 3.05) is 7.11 Å². The molecule has 19 heavy (non-hydrogen) atoms. The van der Waals surface area contributed by atoms with Crippen molar-refractivity contribution < 1.29 is 9.84 Å². The standard InChI is InChI=1S/C15H14N2O2/c1-19-12-6-4-5-11(9-12)15-13(10-18)17-8-3-2-7-14(17)16-15/h2-9,18H,10H2,1H3. The number of rotatable bonds is 3. The van der Waals surface area contributed by atoms with Crippen molar-refractivity contribution in [3.63, 3.8) is 0 Å². The zero-order valence-electron chi connectivity index (χ0n) is 10.6. The molecule has 0 radical (unpaired) electrons. The molecule has 2 heterocycles. The molecule has 4 nitrogen and oxygen atoms in total. The van der Waals surface area contributed by atoms with E-state index in [-0.39, 0.29) is 6.61 Å². The molecular formula is C15H14N2O2. The zero-order chi connectivity index (χ0) is 13.2. The second-order valence-electron chi connectivity index (χ2n) is 4.23. The lowest BCUT2D eigenvalue weighted by Crippen LogP contribution is -1.93. The van der Waals surface area contributed by atoms with Gasteiger partial charge < -0.3 is 14.2 Å². The summed E-state index contributed by atoms with van der Waals surface area (Å²) in [7, 11) is 1.63. The Hall–Kier alpha value is -2.33. The second-order valence-corrected chi connectivity index (χ2v) is 4.23. The SMILES string of the molecule is COc1cccc(-c2nc3ccccn3c2CO)c1. The van der Waals surface area contributed by atoms with Crippen molar-refractivity contribution >= 4 is 5.65 Å². The van der Waals surface area contributed by atoms with Gasteiger partial charge in [0, 0.05) is 11.8 Å². The first-order valence-corrected chi connectivity index (χ1v) is 6.04. The molecule has 0 aliphatic heterocycles. The van der Waals surface area contributed by atoms with Crippen molar-refractivity contribution in [2.45, 2.75) is 6.61 Å². The average Bonchev–Trinajstić information content (AvgIpc) is 2.86. The highest BCUT2D eigenvalue weighted by molar-refractivity contribution is 5.67. The van der Waals surface area contributed by atoms with Gasteiger partial charge in [-0.1, -0.05) is 18.2 Å². The van der Waals surface area contributed by atoms with E-state index in [4.69, 9.17) is 4.74 Å². The molecule has 0 saturated carbocycles. The largest absolute Gasteiger partial charge is 0.497 e. The third-order valence-electron chi connectivity index (χ3n) is 3.12. The third-order valence-corrected chi connectivity index (χ3v) is 3.12. The number of fused-ring (bicyclic) bond motifs is 1. The molecule has 0 spiro atoms. The Morgan fingerprint density at radius 3 is 2.89 bits per heavy atom. The van der Waals surface area contributed by atoms with Crippen LogP contribution in [0.1, 0.15) is 5.69 Å². The van der Waals surface area contributed by atoms with E-state index < -0.39 is 0 Å². The van der Waals surface area contributed by atoms with Gasteiger partial charge in [-0.15, -0.1) is 0 Å². The molecule has 0 amide bonds. The maximum atomic E-state index is 9.60. The number of benzene rings is 1. The van der Waals surface area contributed by atoms with Crippen LogP contribution in [0.15, 0.2) is 48.7 Å². The van der Waals surface area contributed by atoms with Crippen LogP contribution in [0.5, 0.6) is 5.75 Å². The third kappa shape index (κ3) is 1.96. The molecular weight excluding hydrogens is 240 g/mol. The number of nitrogens with zero attached hydrogens (tertiary/aromatic N) is 2. The van der Waals surface area contributed by atoms with E-state index in [0.29, 0.717) is 0 Å². The summed E-state index contributed by atoms with van der Waals surface area (Å²) in [6.45, 7) is -0.0578. The normalized spacial score (nSPS) is 10.8. The minimum Gasteiger partial charge on any atom is -0.497 e. The molecule has 0 saturated heterocycles. The first kappa shape index (κ1) is 11.7. The minimum atomic E-state index is -0.0578. The topological polar surface area (TPSA) is 46.8 Å². The predicted molar refractivity (Wildman–Crippen MR) is 73.1 cm³/mol. The van der Waals surface area contributed by atoms with Gasteiger partial charge in [-0.25, -0.2) is 4.98 Å². The molecule has 96 valence electrons. The molecule has 0 aliphatic rings. The molecule has 0 unspecified atom stereocenters. The lowest BCUT2D eigenvalue weighted by molar-refractivity contribution is 0.276.